The van der Waals surface area contributed by atoms with Crippen molar-refractivity contribution in [3.63, 3.8) is 0 Å². The van der Waals surface area contributed by atoms with Crippen LogP contribution in [-0.2, 0) is 10.0 Å². The number of carbonyl (C=O) groups is 1. The van der Waals surface area contributed by atoms with Gasteiger partial charge in [0.25, 0.3) is 5.91 Å². The van der Waals surface area contributed by atoms with Gasteiger partial charge in [0.15, 0.2) is 0 Å². The van der Waals surface area contributed by atoms with Gasteiger partial charge in [0.05, 0.1) is 4.90 Å². The lowest BCUT2D eigenvalue weighted by atomic mass is 9.89. The Kier molecular flexibility index (Phi) is 5.53. The molecule has 0 spiro atoms. The summed E-state index contributed by atoms with van der Waals surface area (Å²) in [5.74, 6) is -0.269. The van der Waals surface area contributed by atoms with E-state index in [1.165, 1.54) is 12.1 Å². The molecule has 21 heavy (non-hydrogen) atoms. The van der Waals surface area contributed by atoms with E-state index in [-0.39, 0.29) is 16.3 Å². The first-order valence-corrected chi connectivity index (χ1v) is 8.69. The second-order valence-corrected chi connectivity index (χ2v) is 6.94. The molecule has 5 nitrogen and oxygen atoms in total. The predicted octanol–water partition coefficient (Wildman–Crippen LogP) is 2.34. The van der Waals surface area contributed by atoms with Gasteiger partial charge in [-0.25, -0.2) is 13.6 Å². The zero-order chi connectivity index (χ0) is 16.3. The van der Waals surface area contributed by atoms with E-state index in [2.05, 4.69) is 5.32 Å². The molecule has 0 fully saturated rings. The van der Waals surface area contributed by atoms with Gasteiger partial charge in [-0.15, -0.1) is 0 Å². The Morgan fingerprint density at radius 2 is 1.67 bits per heavy atom. The number of amides is 1. The van der Waals surface area contributed by atoms with E-state index >= 15 is 0 Å². The predicted molar refractivity (Wildman–Crippen MR) is 83.6 cm³/mol. The van der Waals surface area contributed by atoms with E-state index in [1.54, 1.807) is 13.0 Å². The molecule has 0 aliphatic rings. The number of hydrogen-bond acceptors (Lipinski definition) is 3. The maximum absolute atomic E-state index is 12.4. The molecule has 0 saturated heterocycles. The quantitative estimate of drug-likeness (QED) is 0.845. The average Bonchev–Trinajstić information content (AvgIpc) is 2.43. The number of nitrogens with two attached hydrogens (primary N) is 1. The van der Waals surface area contributed by atoms with Crippen LogP contribution >= 0.6 is 0 Å². The maximum Gasteiger partial charge on any atom is 0.251 e. The molecule has 0 aromatic heterocycles. The van der Waals surface area contributed by atoms with E-state index in [0.29, 0.717) is 11.1 Å². The molecule has 0 aliphatic heterocycles. The Hall–Kier alpha value is -1.40. The van der Waals surface area contributed by atoms with Crippen LogP contribution in [0.2, 0.25) is 0 Å². The van der Waals surface area contributed by atoms with Crippen molar-refractivity contribution in [1.29, 1.82) is 0 Å². The SMILES string of the molecule is CCC(CC)(CC)NC(=O)c1cc(C)cc(S(N)(=O)=O)c1. The van der Waals surface area contributed by atoms with Gasteiger partial charge in [-0.2, -0.15) is 0 Å². The van der Waals surface area contributed by atoms with Gasteiger partial charge in [0.2, 0.25) is 10.0 Å². The fourth-order valence-electron chi connectivity index (χ4n) is 2.37. The third-order valence-corrected chi connectivity index (χ3v) is 4.94. The summed E-state index contributed by atoms with van der Waals surface area (Å²) in [5, 5.41) is 8.17. The van der Waals surface area contributed by atoms with Crippen LogP contribution in [0.3, 0.4) is 0 Å². The van der Waals surface area contributed by atoms with Gasteiger partial charge in [0, 0.05) is 11.1 Å². The molecule has 6 heteroatoms. The van der Waals surface area contributed by atoms with E-state index in [0.717, 1.165) is 19.3 Å². The van der Waals surface area contributed by atoms with E-state index < -0.39 is 10.0 Å². The highest BCUT2D eigenvalue weighted by atomic mass is 32.2. The lowest BCUT2D eigenvalue weighted by Gasteiger charge is -2.31. The summed E-state index contributed by atoms with van der Waals surface area (Å²) in [6.45, 7) is 7.82. The van der Waals surface area contributed by atoms with Crippen molar-refractivity contribution in [3.8, 4) is 0 Å². The molecule has 0 heterocycles. The Balaban J connectivity index is 3.17. The molecule has 1 amide bonds. The van der Waals surface area contributed by atoms with Crippen molar-refractivity contribution in [2.24, 2.45) is 5.14 Å². The second kappa shape index (κ2) is 6.58. The number of hydrogen-bond donors (Lipinski definition) is 2. The monoisotopic (exact) mass is 312 g/mol. The summed E-state index contributed by atoms with van der Waals surface area (Å²) >= 11 is 0. The van der Waals surface area contributed by atoms with Gasteiger partial charge >= 0.3 is 0 Å². The number of nitrogens with one attached hydrogen (secondary N) is 1. The van der Waals surface area contributed by atoms with Crippen LogP contribution in [-0.4, -0.2) is 19.9 Å². The summed E-state index contributed by atoms with van der Waals surface area (Å²) in [6.07, 6.45) is 2.46. The zero-order valence-corrected chi connectivity index (χ0v) is 13.9. The van der Waals surface area contributed by atoms with Gasteiger partial charge in [-0.05, 0) is 49.9 Å². The number of carbonyl (C=O) groups excluding carboxylic acids is 1. The van der Waals surface area contributed by atoms with Crippen LogP contribution in [0.1, 0.15) is 56.0 Å². The van der Waals surface area contributed by atoms with Crippen LogP contribution in [0, 0.1) is 6.92 Å². The molecule has 0 saturated carbocycles. The normalized spacial score (nSPS) is 12.2. The van der Waals surface area contributed by atoms with E-state index in [1.807, 2.05) is 20.8 Å². The number of primary sulfonamides is 1. The van der Waals surface area contributed by atoms with Crippen molar-refractivity contribution in [2.45, 2.75) is 57.4 Å². The molecular formula is C15H24N2O3S. The summed E-state index contributed by atoms with van der Waals surface area (Å²) < 4.78 is 22.9. The molecule has 118 valence electrons. The van der Waals surface area contributed by atoms with Crippen molar-refractivity contribution in [2.75, 3.05) is 0 Å². The minimum atomic E-state index is -3.82. The van der Waals surface area contributed by atoms with Crippen molar-refractivity contribution >= 4 is 15.9 Å². The average molecular weight is 312 g/mol. The Morgan fingerprint density at radius 3 is 2.10 bits per heavy atom. The van der Waals surface area contributed by atoms with Crippen LogP contribution in [0.25, 0.3) is 0 Å². The number of benzene rings is 1. The molecule has 0 radical (unpaired) electrons. The van der Waals surface area contributed by atoms with Crippen LogP contribution in [0.5, 0.6) is 0 Å². The minimum Gasteiger partial charge on any atom is -0.347 e. The first kappa shape index (κ1) is 17.7. The Labute approximate surface area is 127 Å². The maximum atomic E-state index is 12.4. The van der Waals surface area contributed by atoms with Crippen molar-refractivity contribution in [3.05, 3.63) is 29.3 Å². The van der Waals surface area contributed by atoms with Gasteiger partial charge in [0.1, 0.15) is 0 Å². The molecule has 1 aromatic carbocycles. The number of rotatable bonds is 6. The minimum absolute atomic E-state index is 0.0391. The zero-order valence-electron chi connectivity index (χ0n) is 13.1. The number of sulfonamides is 1. The largest absolute Gasteiger partial charge is 0.347 e. The molecular weight excluding hydrogens is 288 g/mol. The first-order chi connectivity index (χ1) is 9.67. The smallest absolute Gasteiger partial charge is 0.251 e. The van der Waals surface area contributed by atoms with Gasteiger partial charge < -0.3 is 5.32 Å². The second-order valence-electron chi connectivity index (χ2n) is 5.37. The summed E-state index contributed by atoms with van der Waals surface area (Å²) in [4.78, 5) is 12.4. The first-order valence-electron chi connectivity index (χ1n) is 7.14. The standard InChI is InChI=1S/C15H24N2O3S/c1-5-15(6-2,7-3)17-14(18)12-8-11(4)9-13(10-12)21(16,19)20/h8-10H,5-7H2,1-4H3,(H,17,18)(H2,16,19,20). The fraction of sp³-hybridized carbons (Fsp3) is 0.533. The molecule has 0 unspecified atom stereocenters. The summed E-state index contributed by atoms with van der Waals surface area (Å²) in [6, 6.07) is 4.44. The molecule has 0 atom stereocenters. The fourth-order valence-corrected chi connectivity index (χ4v) is 3.01. The molecule has 0 aliphatic carbocycles. The van der Waals surface area contributed by atoms with Crippen LogP contribution < -0.4 is 10.5 Å². The Morgan fingerprint density at radius 1 is 1.14 bits per heavy atom. The van der Waals surface area contributed by atoms with Crippen LogP contribution in [0.15, 0.2) is 23.1 Å². The lowest BCUT2D eigenvalue weighted by Crippen LogP contribution is -2.47. The lowest BCUT2D eigenvalue weighted by molar-refractivity contribution is 0.0888. The van der Waals surface area contributed by atoms with E-state index in [9.17, 15) is 13.2 Å². The number of aryl methyl sites for hydroxylation is 1. The van der Waals surface area contributed by atoms with Crippen LogP contribution in [0.4, 0.5) is 0 Å². The highest BCUT2D eigenvalue weighted by molar-refractivity contribution is 7.89. The van der Waals surface area contributed by atoms with Crippen molar-refractivity contribution < 1.29 is 13.2 Å². The third kappa shape index (κ3) is 4.28. The van der Waals surface area contributed by atoms with Gasteiger partial charge in [-0.3, -0.25) is 4.79 Å². The highest BCUT2D eigenvalue weighted by Gasteiger charge is 2.26. The summed E-state index contributed by atoms with van der Waals surface area (Å²) in [7, 11) is -3.82. The summed E-state index contributed by atoms with van der Waals surface area (Å²) in [5.41, 5.74) is 0.739. The molecule has 3 N–H and O–H groups in total. The molecule has 1 rings (SSSR count). The highest BCUT2D eigenvalue weighted by Crippen LogP contribution is 2.21. The van der Waals surface area contributed by atoms with E-state index in [4.69, 9.17) is 5.14 Å². The molecule has 0 bridgehead atoms. The molecule has 1 aromatic rings. The van der Waals surface area contributed by atoms with Crippen molar-refractivity contribution in [1.82, 2.24) is 5.32 Å². The topological polar surface area (TPSA) is 89.3 Å². The van der Waals surface area contributed by atoms with Gasteiger partial charge in [-0.1, -0.05) is 20.8 Å². The Bertz CT molecular complexity index is 612. The third-order valence-electron chi connectivity index (χ3n) is 4.05.